The van der Waals surface area contributed by atoms with E-state index in [2.05, 4.69) is 33.6 Å². The van der Waals surface area contributed by atoms with Crippen molar-refractivity contribution in [2.75, 3.05) is 6.54 Å². The third kappa shape index (κ3) is 11.7. The zero-order valence-electron chi connectivity index (χ0n) is 18.5. The van der Waals surface area contributed by atoms with Crippen LogP contribution >= 0.6 is 0 Å². The molecule has 0 saturated carbocycles. The average molecular weight is 631 g/mol. The molecule has 0 spiro atoms. The minimum Gasteiger partial charge on any atom is -0.741 e. The van der Waals surface area contributed by atoms with Gasteiger partial charge in [0, 0.05) is 12.5 Å². The van der Waals surface area contributed by atoms with Crippen LogP contribution in [-0.4, -0.2) is 33.4 Å². The van der Waals surface area contributed by atoms with Gasteiger partial charge in [0.05, 0.1) is 4.90 Å². The van der Waals surface area contributed by atoms with Gasteiger partial charge in [-0.1, -0.05) is 49.2 Å². The maximum Gasteiger partial charge on any atom is 0.485 e. The summed E-state index contributed by atoms with van der Waals surface area (Å²) in [6.07, 6.45) is 2.79. The monoisotopic (exact) mass is 631 g/mol. The van der Waals surface area contributed by atoms with E-state index in [1.807, 2.05) is 37.3 Å². The van der Waals surface area contributed by atoms with E-state index in [0.717, 1.165) is 24.8 Å². The normalized spacial score (nSPS) is 12.6. The van der Waals surface area contributed by atoms with Gasteiger partial charge in [0.2, 0.25) is 13.6 Å². The summed E-state index contributed by atoms with van der Waals surface area (Å²) in [5, 5.41) is 0. The molecule has 0 aliphatic heterocycles. The molecule has 0 aliphatic carbocycles. The van der Waals surface area contributed by atoms with Gasteiger partial charge in [-0.05, 0) is 50.0 Å². The molecule has 0 fully saturated rings. The highest BCUT2D eigenvalue weighted by molar-refractivity contribution is 7.89. The minimum absolute atomic E-state index is 0.240. The molecule has 2 rings (SSSR count). The first-order valence-electron chi connectivity index (χ1n) is 10.0. The van der Waals surface area contributed by atoms with Gasteiger partial charge in [0.15, 0.2) is 14.0 Å². The summed E-state index contributed by atoms with van der Waals surface area (Å²) in [4.78, 5) is 0.316. The summed E-state index contributed by atoms with van der Waals surface area (Å²) >= 11 is -0.297. The van der Waals surface area contributed by atoms with Crippen LogP contribution in [0.2, 0.25) is 0 Å². The highest BCUT2D eigenvalue weighted by Crippen LogP contribution is 2.20. The molecule has 0 saturated heterocycles. The standard InChI is InChI=1S/C21H25INO2S.CHF3O3S/c1-3-7-19(14-16-22-20-8-5-4-6-9-20)15-17-23-26(24,25)21-12-10-18(2)11-13-21;2-1(3,4)8(5,6)7/h4-6,8-13,19,23H,3,7,15,17H2,1-2H3;(H,5,6,7)/q+1;/p-1. The molecule has 6 nitrogen and oxygen atoms in total. The first-order chi connectivity index (χ1) is 15.8. The predicted octanol–water partition coefficient (Wildman–Crippen LogP) is 1.05. The van der Waals surface area contributed by atoms with Gasteiger partial charge in [-0.25, -0.2) is 21.6 Å². The Kier molecular flexibility index (Phi) is 12.5. The lowest BCUT2D eigenvalue weighted by molar-refractivity contribution is -0.535. The van der Waals surface area contributed by atoms with Gasteiger partial charge in [0.25, 0.3) is 0 Å². The summed E-state index contributed by atoms with van der Waals surface area (Å²) in [6, 6.07) is 17.2. The number of hydrogen-bond donors (Lipinski definition) is 1. The van der Waals surface area contributed by atoms with E-state index in [0.29, 0.717) is 11.4 Å². The Bertz CT molecular complexity index is 1160. The molecule has 0 heterocycles. The van der Waals surface area contributed by atoms with Gasteiger partial charge in [-0.2, -0.15) is 13.2 Å². The Labute approximate surface area is 209 Å². The summed E-state index contributed by atoms with van der Waals surface area (Å²) < 4.78 is 91.0. The second-order valence-electron chi connectivity index (χ2n) is 7.01. The Hall–Kier alpha value is -1.66. The molecule has 2 aromatic carbocycles. The molecule has 2 aromatic rings. The van der Waals surface area contributed by atoms with Crippen molar-refractivity contribution < 1.29 is 55.8 Å². The summed E-state index contributed by atoms with van der Waals surface area (Å²) in [7, 11) is -9.53. The number of hydrogen-bond acceptors (Lipinski definition) is 5. The maximum atomic E-state index is 12.3. The van der Waals surface area contributed by atoms with Gasteiger partial charge >= 0.3 is 26.7 Å². The van der Waals surface area contributed by atoms with Gasteiger partial charge < -0.3 is 4.55 Å². The van der Waals surface area contributed by atoms with Crippen molar-refractivity contribution in [2.24, 2.45) is 5.92 Å². The largest absolute Gasteiger partial charge is 0.741 e. The molecule has 0 amide bonds. The van der Waals surface area contributed by atoms with Gasteiger partial charge in [-0.3, -0.25) is 0 Å². The first kappa shape index (κ1) is 30.4. The lowest BCUT2D eigenvalue weighted by atomic mass is 10.0. The molecular weight excluding hydrogens is 606 g/mol. The predicted molar refractivity (Wildman–Crippen MR) is 118 cm³/mol. The SMILES string of the molecule is CCCC(C#C[I+]c1ccccc1)CCNS(=O)(=O)c1ccc(C)cc1.O=S(=O)([O-])C(F)(F)F. The second-order valence-corrected chi connectivity index (χ2v) is 12.5. The molecule has 1 unspecified atom stereocenters. The lowest BCUT2D eigenvalue weighted by Crippen LogP contribution is -3.59. The third-order valence-corrected chi connectivity index (χ3v) is 8.15. The summed E-state index contributed by atoms with van der Waals surface area (Å²) in [5.41, 5.74) is -4.60. The van der Waals surface area contributed by atoms with E-state index < -0.39 is 25.6 Å². The van der Waals surface area contributed by atoms with Gasteiger partial charge in [0.1, 0.15) is 0 Å². The smallest absolute Gasteiger partial charge is 0.485 e. The average Bonchev–Trinajstić information content (AvgIpc) is 2.74. The minimum atomic E-state index is -6.09. The van der Waals surface area contributed by atoms with Crippen LogP contribution in [0.1, 0.15) is 31.7 Å². The number of alkyl halides is 3. The molecule has 0 aromatic heterocycles. The topological polar surface area (TPSA) is 103 Å². The van der Waals surface area contributed by atoms with Crippen LogP contribution in [0.3, 0.4) is 0 Å². The van der Waals surface area contributed by atoms with Crippen molar-refractivity contribution in [1.29, 1.82) is 0 Å². The highest BCUT2D eigenvalue weighted by atomic mass is 127. The van der Waals surface area contributed by atoms with Crippen LogP contribution in [-0.2, 0) is 20.1 Å². The van der Waals surface area contributed by atoms with Crippen molar-refractivity contribution in [3.63, 3.8) is 0 Å². The Morgan fingerprint density at radius 1 is 1.00 bits per heavy atom. The molecule has 0 aliphatic rings. The molecule has 0 radical (unpaired) electrons. The summed E-state index contributed by atoms with van der Waals surface area (Å²) in [6.45, 7) is 4.49. The fourth-order valence-corrected chi connectivity index (χ4v) is 5.17. The zero-order chi connectivity index (χ0) is 25.8. The van der Waals surface area contributed by atoms with Crippen LogP contribution in [0, 0.1) is 26.3 Å². The van der Waals surface area contributed by atoms with E-state index in [9.17, 15) is 21.6 Å². The van der Waals surface area contributed by atoms with Crippen LogP contribution in [0.25, 0.3) is 0 Å². The molecule has 34 heavy (non-hydrogen) atoms. The van der Waals surface area contributed by atoms with E-state index in [1.54, 1.807) is 12.1 Å². The first-order valence-corrected chi connectivity index (χ1v) is 15.1. The number of nitrogens with one attached hydrogen (secondary N) is 1. The Balaban J connectivity index is 0.000000620. The van der Waals surface area contributed by atoms with Crippen LogP contribution in [0.4, 0.5) is 13.2 Å². The van der Waals surface area contributed by atoms with Crippen molar-refractivity contribution >= 4 is 20.1 Å². The van der Waals surface area contributed by atoms with E-state index in [1.165, 1.54) is 3.57 Å². The van der Waals surface area contributed by atoms with E-state index >= 15 is 0 Å². The number of aryl methyl sites for hydroxylation is 1. The lowest BCUT2D eigenvalue weighted by Gasteiger charge is -2.10. The van der Waals surface area contributed by atoms with Crippen molar-refractivity contribution in [3.05, 3.63) is 63.7 Å². The van der Waals surface area contributed by atoms with Crippen LogP contribution < -0.4 is 25.9 Å². The fourth-order valence-electron chi connectivity index (χ4n) is 2.44. The van der Waals surface area contributed by atoms with Crippen molar-refractivity contribution in [2.45, 2.75) is 43.5 Å². The maximum absolute atomic E-state index is 12.3. The number of sulfonamides is 1. The molecule has 188 valence electrons. The zero-order valence-corrected chi connectivity index (χ0v) is 22.3. The number of benzene rings is 2. The highest BCUT2D eigenvalue weighted by Gasteiger charge is 2.36. The third-order valence-electron chi connectivity index (χ3n) is 4.18. The fraction of sp³-hybridized carbons (Fsp3) is 0.364. The Morgan fingerprint density at radius 2 is 1.56 bits per heavy atom. The molecule has 12 heteroatoms. The molecular formula is C22H25F3INO5S2. The molecule has 1 N–H and O–H groups in total. The molecule has 1 atom stereocenters. The summed E-state index contributed by atoms with van der Waals surface area (Å²) in [5.74, 6) is 3.61. The van der Waals surface area contributed by atoms with Crippen molar-refractivity contribution in [1.82, 2.24) is 4.72 Å². The molecule has 0 bridgehead atoms. The second kappa shape index (κ2) is 14.0. The van der Waals surface area contributed by atoms with Crippen molar-refractivity contribution in [3.8, 4) is 9.85 Å². The van der Waals surface area contributed by atoms with E-state index in [4.69, 9.17) is 13.0 Å². The van der Waals surface area contributed by atoms with Gasteiger partial charge in [-0.15, -0.1) is 0 Å². The number of halogens is 4. The quantitative estimate of drug-likeness (QED) is 0.203. The van der Waals surface area contributed by atoms with Crippen LogP contribution in [0.5, 0.6) is 0 Å². The van der Waals surface area contributed by atoms with Crippen LogP contribution in [0.15, 0.2) is 59.5 Å². The Morgan fingerprint density at radius 3 is 2.06 bits per heavy atom. The van der Waals surface area contributed by atoms with E-state index in [-0.39, 0.29) is 27.1 Å². The number of rotatable bonds is 8.